The van der Waals surface area contributed by atoms with E-state index >= 15 is 0 Å². The molecule has 0 spiro atoms. The number of benzene rings is 1. The van der Waals surface area contributed by atoms with Crippen LogP contribution in [-0.2, 0) is 12.7 Å². The van der Waals surface area contributed by atoms with E-state index in [1.54, 1.807) is 25.5 Å². The second kappa shape index (κ2) is 10.8. The number of thioether (sulfide) groups is 1. The SMILES string of the molecule is CC1CN(c2nc(=O)n3c4c(c(Cl)c(C(F)(F)F)cc24)SCCC3)CC(C)N1.CNc1ncccn1. The molecule has 0 bridgehead atoms. The Kier molecular flexibility index (Phi) is 7.96. The molecule has 0 aliphatic carbocycles. The summed E-state index contributed by atoms with van der Waals surface area (Å²) >= 11 is 7.46. The largest absolute Gasteiger partial charge is 0.417 e. The van der Waals surface area contributed by atoms with Gasteiger partial charge >= 0.3 is 11.9 Å². The van der Waals surface area contributed by atoms with Crippen molar-refractivity contribution in [3.05, 3.63) is 45.6 Å². The number of anilines is 2. The van der Waals surface area contributed by atoms with Gasteiger partial charge < -0.3 is 15.5 Å². The highest BCUT2D eigenvalue weighted by atomic mass is 35.5. The molecule has 2 unspecified atom stereocenters. The van der Waals surface area contributed by atoms with Crippen LogP contribution in [0, 0.1) is 0 Å². The minimum atomic E-state index is -4.59. The van der Waals surface area contributed by atoms with E-state index in [4.69, 9.17) is 11.6 Å². The van der Waals surface area contributed by atoms with Crippen molar-refractivity contribution in [3.8, 4) is 0 Å². The molecule has 2 atom stereocenters. The van der Waals surface area contributed by atoms with Crippen LogP contribution in [0.4, 0.5) is 24.9 Å². The summed E-state index contributed by atoms with van der Waals surface area (Å²) in [5.41, 5.74) is -0.856. The molecule has 5 rings (SSSR count). The van der Waals surface area contributed by atoms with Crippen molar-refractivity contribution in [2.24, 2.45) is 0 Å². The van der Waals surface area contributed by atoms with E-state index in [-0.39, 0.29) is 17.1 Å². The maximum Gasteiger partial charge on any atom is 0.417 e. The molecule has 2 aliphatic rings. The Morgan fingerprint density at radius 2 is 1.86 bits per heavy atom. The molecule has 36 heavy (non-hydrogen) atoms. The molecule has 1 fully saturated rings. The molecular formula is C23H27ClF3N7OS. The number of rotatable bonds is 2. The normalized spacial score (nSPS) is 19.9. The van der Waals surface area contributed by atoms with E-state index in [1.807, 2.05) is 18.7 Å². The average molecular weight is 542 g/mol. The number of hydrogen-bond donors (Lipinski definition) is 2. The van der Waals surface area contributed by atoms with Gasteiger partial charge in [0.2, 0.25) is 5.95 Å². The summed E-state index contributed by atoms with van der Waals surface area (Å²) in [7, 11) is 1.79. The molecule has 3 aromatic rings. The van der Waals surface area contributed by atoms with Crippen LogP contribution >= 0.6 is 23.4 Å². The number of aromatic nitrogens is 4. The standard InChI is InChI=1S/C18H20ClF3N4OS.C5H7N3/c1-9-7-25(8-10(2)23-9)16-11-6-12(18(20,21)22)13(19)15-14(11)26(17(27)24-16)4-3-5-28-15;1-6-5-7-3-2-4-8-5/h6,9-10,23H,3-5,7-8H2,1-2H3;2-4H,1H3,(H,6,7,8). The summed E-state index contributed by atoms with van der Waals surface area (Å²) in [4.78, 5) is 27.0. The molecule has 1 saturated heterocycles. The fraction of sp³-hybridized carbons (Fsp3) is 0.478. The number of nitrogens with one attached hydrogen (secondary N) is 2. The zero-order chi connectivity index (χ0) is 26.0. The summed E-state index contributed by atoms with van der Waals surface area (Å²) < 4.78 is 42.5. The number of aryl methyl sites for hydroxylation is 1. The Bertz CT molecular complexity index is 1280. The first-order valence-electron chi connectivity index (χ1n) is 11.5. The molecule has 2 aliphatic heterocycles. The summed E-state index contributed by atoms with van der Waals surface area (Å²) in [6.45, 7) is 5.53. The highest BCUT2D eigenvalue weighted by Gasteiger charge is 2.37. The van der Waals surface area contributed by atoms with Crippen LogP contribution in [0.25, 0.3) is 10.9 Å². The van der Waals surface area contributed by atoms with Crippen LogP contribution in [0.1, 0.15) is 25.8 Å². The van der Waals surface area contributed by atoms with E-state index in [0.29, 0.717) is 59.4 Å². The first-order valence-corrected chi connectivity index (χ1v) is 12.9. The summed E-state index contributed by atoms with van der Waals surface area (Å²) in [5.74, 6) is 1.56. The highest BCUT2D eigenvalue weighted by Crippen LogP contribution is 2.46. The maximum atomic E-state index is 13.7. The molecule has 0 radical (unpaired) electrons. The Labute approximate surface area is 215 Å². The van der Waals surface area contributed by atoms with Crippen LogP contribution < -0.4 is 21.2 Å². The van der Waals surface area contributed by atoms with E-state index in [9.17, 15) is 18.0 Å². The van der Waals surface area contributed by atoms with Crippen LogP contribution in [-0.4, -0.2) is 57.5 Å². The third kappa shape index (κ3) is 5.55. The van der Waals surface area contributed by atoms with Gasteiger partial charge in [-0.15, -0.1) is 11.8 Å². The second-order valence-electron chi connectivity index (χ2n) is 8.73. The lowest BCUT2D eigenvalue weighted by Gasteiger charge is -2.37. The Balaban J connectivity index is 0.000000325. The van der Waals surface area contributed by atoms with Crippen molar-refractivity contribution in [1.82, 2.24) is 24.8 Å². The van der Waals surface area contributed by atoms with E-state index in [0.717, 1.165) is 6.07 Å². The third-order valence-electron chi connectivity index (χ3n) is 5.86. The molecule has 13 heteroatoms. The molecular weight excluding hydrogens is 515 g/mol. The molecule has 194 valence electrons. The Morgan fingerprint density at radius 3 is 2.44 bits per heavy atom. The third-order valence-corrected chi connectivity index (χ3v) is 7.55. The maximum absolute atomic E-state index is 13.7. The predicted octanol–water partition coefficient (Wildman–Crippen LogP) is 4.27. The monoisotopic (exact) mass is 541 g/mol. The first kappa shape index (κ1) is 26.5. The van der Waals surface area contributed by atoms with Gasteiger partial charge in [0, 0.05) is 56.5 Å². The summed E-state index contributed by atoms with van der Waals surface area (Å²) in [6, 6.07) is 3.09. The Hall–Kier alpha value is -2.57. The van der Waals surface area contributed by atoms with Crippen LogP contribution in [0.15, 0.2) is 34.2 Å². The van der Waals surface area contributed by atoms with Crippen molar-refractivity contribution >= 4 is 46.0 Å². The van der Waals surface area contributed by atoms with Gasteiger partial charge in [0.05, 0.1) is 21.0 Å². The predicted molar refractivity (Wildman–Crippen MR) is 137 cm³/mol. The van der Waals surface area contributed by atoms with Gasteiger partial charge in [-0.3, -0.25) is 4.57 Å². The molecule has 8 nitrogen and oxygen atoms in total. The van der Waals surface area contributed by atoms with Crippen LogP contribution in [0.5, 0.6) is 0 Å². The minimum absolute atomic E-state index is 0.127. The number of piperazine rings is 1. The van der Waals surface area contributed by atoms with Crippen molar-refractivity contribution in [3.63, 3.8) is 0 Å². The van der Waals surface area contributed by atoms with Gasteiger partial charge in [0.25, 0.3) is 0 Å². The topological polar surface area (TPSA) is 88.0 Å². The van der Waals surface area contributed by atoms with Crippen molar-refractivity contribution in [2.45, 2.75) is 50.0 Å². The molecule has 2 N–H and O–H groups in total. The Morgan fingerprint density at radius 1 is 1.19 bits per heavy atom. The van der Waals surface area contributed by atoms with Gasteiger partial charge in [-0.1, -0.05) is 11.6 Å². The quantitative estimate of drug-likeness (QED) is 0.497. The van der Waals surface area contributed by atoms with Crippen LogP contribution in [0.2, 0.25) is 5.02 Å². The molecule has 0 amide bonds. The number of halogens is 4. The fourth-order valence-electron chi connectivity index (χ4n) is 4.48. The van der Waals surface area contributed by atoms with E-state index in [2.05, 4.69) is 25.6 Å². The van der Waals surface area contributed by atoms with Gasteiger partial charge in [-0.05, 0) is 38.2 Å². The van der Waals surface area contributed by atoms with E-state index < -0.39 is 17.4 Å². The van der Waals surface area contributed by atoms with Gasteiger partial charge in [0.15, 0.2) is 0 Å². The molecule has 4 heterocycles. The summed E-state index contributed by atoms with van der Waals surface area (Å²) in [5, 5.41) is 6.19. The molecule has 1 aromatic carbocycles. The fourth-order valence-corrected chi connectivity index (χ4v) is 5.97. The lowest BCUT2D eigenvalue weighted by atomic mass is 10.1. The summed E-state index contributed by atoms with van der Waals surface area (Å²) in [6.07, 6.45) is -0.538. The first-order chi connectivity index (χ1) is 17.1. The molecule has 0 saturated carbocycles. The zero-order valence-corrected chi connectivity index (χ0v) is 21.6. The van der Waals surface area contributed by atoms with Crippen LogP contribution in [0.3, 0.4) is 0 Å². The number of alkyl halides is 3. The highest BCUT2D eigenvalue weighted by molar-refractivity contribution is 7.99. The zero-order valence-electron chi connectivity index (χ0n) is 20.1. The van der Waals surface area contributed by atoms with Gasteiger partial charge in [-0.25, -0.2) is 14.8 Å². The number of hydrogen-bond acceptors (Lipinski definition) is 8. The number of nitrogens with zero attached hydrogens (tertiary/aromatic N) is 5. The van der Waals surface area contributed by atoms with Crippen molar-refractivity contribution in [1.29, 1.82) is 0 Å². The van der Waals surface area contributed by atoms with Gasteiger partial charge in [0.1, 0.15) is 5.82 Å². The van der Waals surface area contributed by atoms with E-state index in [1.165, 1.54) is 16.3 Å². The molecule has 2 aromatic heterocycles. The van der Waals surface area contributed by atoms with Crippen molar-refractivity contribution in [2.75, 3.05) is 36.1 Å². The van der Waals surface area contributed by atoms with Gasteiger partial charge in [-0.2, -0.15) is 18.2 Å². The second-order valence-corrected chi connectivity index (χ2v) is 10.2. The smallest absolute Gasteiger partial charge is 0.357 e. The minimum Gasteiger partial charge on any atom is -0.357 e. The van der Waals surface area contributed by atoms with Crippen molar-refractivity contribution < 1.29 is 13.2 Å². The lowest BCUT2D eigenvalue weighted by Crippen LogP contribution is -2.55. The average Bonchev–Trinajstić information content (AvgIpc) is 3.06. The lowest BCUT2D eigenvalue weighted by molar-refractivity contribution is -0.137.